The highest BCUT2D eigenvalue weighted by molar-refractivity contribution is 5.82. The van der Waals surface area contributed by atoms with E-state index in [9.17, 15) is 13.6 Å². The monoisotopic (exact) mass is 243 g/mol. The summed E-state index contributed by atoms with van der Waals surface area (Å²) in [7, 11) is 0. The van der Waals surface area contributed by atoms with Crippen molar-refractivity contribution in [1.82, 2.24) is 0 Å². The van der Waals surface area contributed by atoms with Crippen molar-refractivity contribution in [2.24, 2.45) is 0 Å². The van der Waals surface area contributed by atoms with Crippen LogP contribution in [0.2, 0.25) is 0 Å². The Morgan fingerprint density at radius 2 is 2.06 bits per heavy atom. The van der Waals surface area contributed by atoms with Crippen molar-refractivity contribution in [2.45, 2.75) is 26.2 Å². The van der Waals surface area contributed by atoms with Crippen molar-refractivity contribution >= 4 is 11.7 Å². The Balaban J connectivity index is 3.26. The van der Waals surface area contributed by atoms with Gasteiger partial charge < -0.3 is 10.5 Å². The van der Waals surface area contributed by atoms with Crippen LogP contribution in [0.15, 0.2) is 18.2 Å². The van der Waals surface area contributed by atoms with E-state index in [4.69, 9.17) is 5.73 Å². The van der Waals surface area contributed by atoms with Crippen LogP contribution in [0.5, 0.6) is 0 Å². The topological polar surface area (TPSA) is 52.3 Å². The molecule has 0 aliphatic heterocycles. The summed E-state index contributed by atoms with van der Waals surface area (Å²) in [5.41, 5.74) is 5.34. The third kappa shape index (κ3) is 2.54. The molecule has 0 radical (unpaired) electrons. The molecular weight excluding hydrogens is 228 g/mol. The second kappa shape index (κ2) is 5.12. The number of nitrogen functional groups attached to an aromatic ring is 1. The largest absolute Gasteiger partial charge is 0.461 e. The molecule has 0 bridgehead atoms. The van der Waals surface area contributed by atoms with Crippen molar-refractivity contribution in [3.8, 4) is 0 Å². The Bertz CT molecular complexity index is 419. The second-order valence-corrected chi connectivity index (χ2v) is 3.53. The molecule has 0 aliphatic carbocycles. The van der Waals surface area contributed by atoms with Crippen LogP contribution >= 0.6 is 0 Å². The first kappa shape index (κ1) is 13.4. The van der Waals surface area contributed by atoms with E-state index in [1.54, 1.807) is 13.0 Å². The van der Waals surface area contributed by atoms with Crippen molar-refractivity contribution in [2.75, 3.05) is 12.3 Å². The van der Waals surface area contributed by atoms with Crippen LogP contribution < -0.4 is 5.73 Å². The minimum atomic E-state index is -3.70. The number of alkyl halides is 2. The van der Waals surface area contributed by atoms with E-state index < -0.39 is 17.5 Å². The predicted octanol–water partition coefficient (Wildman–Crippen LogP) is 2.49. The van der Waals surface area contributed by atoms with Gasteiger partial charge in [-0.15, -0.1) is 0 Å². The lowest BCUT2D eigenvalue weighted by molar-refractivity contribution is -0.173. The van der Waals surface area contributed by atoms with Gasteiger partial charge in [0, 0.05) is 5.69 Å². The molecule has 0 aromatic heterocycles. The molecule has 3 nitrogen and oxygen atoms in total. The number of aryl methyl sites for hydroxylation is 1. The summed E-state index contributed by atoms with van der Waals surface area (Å²) < 4.78 is 32.2. The normalized spacial score (nSPS) is 11.3. The zero-order valence-electron chi connectivity index (χ0n) is 9.80. The smallest absolute Gasteiger partial charge is 0.382 e. The molecule has 94 valence electrons. The fraction of sp³-hybridized carbons (Fsp3) is 0.417. The first-order valence-electron chi connectivity index (χ1n) is 5.38. The van der Waals surface area contributed by atoms with Gasteiger partial charge in [0.1, 0.15) is 0 Å². The SMILES string of the molecule is CCOC(=O)C(F)(F)c1c(N)cccc1CC. The fourth-order valence-corrected chi connectivity index (χ4v) is 1.62. The van der Waals surface area contributed by atoms with Crippen LogP contribution in [0, 0.1) is 0 Å². The molecule has 0 unspecified atom stereocenters. The third-order valence-electron chi connectivity index (χ3n) is 2.41. The molecule has 0 spiro atoms. The van der Waals surface area contributed by atoms with Crippen molar-refractivity contribution < 1.29 is 18.3 Å². The summed E-state index contributed by atoms with van der Waals surface area (Å²) >= 11 is 0. The summed E-state index contributed by atoms with van der Waals surface area (Å²) in [4.78, 5) is 11.3. The number of benzene rings is 1. The van der Waals surface area contributed by atoms with Gasteiger partial charge in [0.05, 0.1) is 12.2 Å². The molecule has 2 N–H and O–H groups in total. The molecule has 0 heterocycles. The molecule has 1 aromatic rings. The van der Waals surface area contributed by atoms with Crippen molar-refractivity contribution in [3.63, 3.8) is 0 Å². The first-order valence-corrected chi connectivity index (χ1v) is 5.38. The van der Waals surface area contributed by atoms with Crippen LogP contribution in [0.25, 0.3) is 0 Å². The van der Waals surface area contributed by atoms with Gasteiger partial charge in [-0.3, -0.25) is 0 Å². The average molecular weight is 243 g/mol. The van der Waals surface area contributed by atoms with Gasteiger partial charge in [-0.1, -0.05) is 19.1 Å². The van der Waals surface area contributed by atoms with E-state index in [0.29, 0.717) is 12.0 Å². The lowest BCUT2D eigenvalue weighted by Gasteiger charge is -2.19. The number of hydrogen-bond donors (Lipinski definition) is 1. The number of anilines is 1. The quantitative estimate of drug-likeness (QED) is 0.653. The lowest BCUT2D eigenvalue weighted by atomic mass is 9.97. The van der Waals surface area contributed by atoms with Crippen molar-refractivity contribution in [1.29, 1.82) is 0 Å². The summed E-state index contributed by atoms with van der Waals surface area (Å²) in [6, 6.07) is 4.46. The number of carbonyl (C=O) groups excluding carboxylic acids is 1. The maximum absolute atomic E-state index is 13.9. The molecule has 0 aliphatic rings. The average Bonchev–Trinajstić information content (AvgIpc) is 2.28. The van der Waals surface area contributed by atoms with Crippen LogP contribution in [-0.2, 0) is 21.9 Å². The Morgan fingerprint density at radius 1 is 1.41 bits per heavy atom. The number of hydrogen-bond acceptors (Lipinski definition) is 3. The van der Waals surface area contributed by atoms with Gasteiger partial charge in [-0.05, 0) is 25.0 Å². The number of esters is 1. The zero-order valence-corrected chi connectivity index (χ0v) is 9.80. The molecule has 5 heteroatoms. The molecule has 1 aromatic carbocycles. The highest BCUT2D eigenvalue weighted by Crippen LogP contribution is 2.36. The Hall–Kier alpha value is -1.65. The van der Waals surface area contributed by atoms with E-state index in [2.05, 4.69) is 4.74 Å². The van der Waals surface area contributed by atoms with Crippen LogP contribution in [-0.4, -0.2) is 12.6 Å². The van der Waals surface area contributed by atoms with E-state index in [1.165, 1.54) is 19.1 Å². The maximum Gasteiger partial charge on any atom is 0.382 e. The third-order valence-corrected chi connectivity index (χ3v) is 2.41. The molecule has 0 amide bonds. The molecule has 0 fully saturated rings. The minimum absolute atomic E-state index is 0.0946. The van der Waals surface area contributed by atoms with Gasteiger partial charge in [0.2, 0.25) is 0 Å². The minimum Gasteiger partial charge on any atom is -0.461 e. The van der Waals surface area contributed by atoms with Crippen molar-refractivity contribution in [3.05, 3.63) is 29.3 Å². The van der Waals surface area contributed by atoms with E-state index in [0.717, 1.165) is 0 Å². The predicted molar refractivity (Wildman–Crippen MR) is 60.8 cm³/mol. The molecule has 1 rings (SSSR count). The molecule has 0 saturated carbocycles. The maximum atomic E-state index is 13.9. The number of rotatable bonds is 4. The van der Waals surface area contributed by atoms with E-state index in [1.807, 2.05) is 0 Å². The molecular formula is C12H15F2NO2. The van der Waals surface area contributed by atoms with E-state index in [-0.39, 0.29) is 12.3 Å². The summed E-state index contributed by atoms with van der Waals surface area (Å²) in [6.45, 7) is 3.10. The standard InChI is InChI=1S/C12H15F2NO2/c1-3-8-6-5-7-9(15)10(8)12(13,14)11(16)17-4-2/h5-7H,3-4,15H2,1-2H3. The van der Waals surface area contributed by atoms with Gasteiger partial charge in [0.25, 0.3) is 0 Å². The van der Waals surface area contributed by atoms with Crippen LogP contribution in [0.1, 0.15) is 25.0 Å². The Kier molecular flexibility index (Phi) is 4.04. The van der Waals surface area contributed by atoms with Gasteiger partial charge in [0.15, 0.2) is 0 Å². The van der Waals surface area contributed by atoms with Gasteiger partial charge in [-0.25, -0.2) is 4.79 Å². The highest BCUT2D eigenvalue weighted by Gasteiger charge is 2.45. The molecule has 17 heavy (non-hydrogen) atoms. The summed E-state index contributed by atoms with van der Waals surface area (Å²) in [5.74, 6) is -5.26. The van der Waals surface area contributed by atoms with Gasteiger partial charge in [-0.2, -0.15) is 8.78 Å². The fourth-order valence-electron chi connectivity index (χ4n) is 1.62. The second-order valence-electron chi connectivity index (χ2n) is 3.53. The molecule has 0 atom stereocenters. The molecule has 0 saturated heterocycles. The van der Waals surface area contributed by atoms with E-state index >= 15 is 0 Å². The Morgan fingerprint density at radius 3 is 2.59 bits per heavy atom. The summed E-state index contributed by atoms with van der Waals surface area (Å²) in [5, 5.41) is 0. The number of ether oxygens (including phenoxy) is 1. The number of carbonyl (C=O) groups is 1. The Labute approximate surface area is 98.6 Å². The lowest BCUT2D eigenvalue weighted by Crippen LogP contribution is -2.30. The van der Waals surface area contributed by atoms with Crippen LogP contribution in [0.4, 0.5) is 14.5 Å². The van der Waals surface area contributed by atoms with Crippen LogP contribution in [0.3, 0.4) is 0 Å². The number of nitrogens with two attached hydrogens (primary N) is 1. The highest BCUT2D eigenvalue weighted by atomic mass is 19.3. The van der Waals surface area contributed by atoms with Gasteiger partial charge >= 0.3 is 11.9 Å². The zero-order chi connectivity index (χ0) is 13.1. The summed E-state index contributed by atoms with van der Waals surface area (Å²) in [6.07, 6.45) is 0.370. The number of halogens is 2. The first-order chi connectivity index (χ1) is 7.95.